The van der Waals surface area contributed by atoms with Gasteiger partial charge in [-0.25, -0.2) is 0 Å². The highest BCUT2D eigenvalue weighted by molar-refractivity contribution is 5.64. The van der Waals surface area contributed by atoms with E-state index in [9.17, 15) is 10.1 Å². The van der Waals surface area contributed by atoms with Crippen molar-refractivity contribution in [2.45, 2.75) is 19.8 Å². The van der Waals surface area contributed by atoms with Crippen LogP contribution in [0.15, 0.2) is 18.2 Å². The lowest BCUT2D eigenvalue weighted by molar-refractivity contribution is -0.384. The van der Waals surface area contributed by atoms with Gasteiger partial charge in [0.1, 0.15) is 5.69 Å². The molecule has 2 saturated heterocycles. The number of piperidine rings is 1. The third-order valence-corrected chi connectivity index (χ3v) is 5.40. The van der Waals surface area contributed by atoms with E-state index in [-0.39, 0.29) is 10.6 Å². The molecule has 0 atom stereocenters. The molecule has 2 heterocycles. The number of nitro groups is 1. The number of piperazine rings is 1. The molecule has 2 fully saturated rings. The first-order chi connectivity index (χ1) is 11.5. The maximum absolute atomic E-state index is 11.3. The fraction of sp³-hybridized carbons (Fsp3) is 0.667. The Balaban J connectivity index is 1.56. The summed E-state index contributed by atoms with van der Waals surface area (Å²) < 4.78 is 0. The quantitative estimate of drug-likeness (QED) is 0.626. The van der Waals surface area contributed by atoms with E-state index in [4.69, 9.17) is 0 Å². The topological polar surface area (TPSA) is 52.9 Å². The molecular weight excluding hydrogens is 304 g/mol. The Morgan fingerprint density at radius 1 is 1.12 bits per heavy atom. The van der Waals surface area contributed by atoms with Crippen LogP contribution in [-0.2, 0) is 0 Å². The van der Waals surface area contributed by atoms with Gasteiger partial charge in [-0.05, 0) is 44.4 Å². The number of nitro benzene ring substituents is 1. The van der Waals surface area contributed by atoms with Gasteiger partial charge in [0, 0.05) is 51.9 Å². The van der Waals surface area contributed by atoms with Crippen molar-refractivity contribution < 1.29 is 4.92 Å². The number of benzene rings is 1. The summed E-state index contributed by atoms with van der Waals surface area (Å²) in [5, 5.41) is 11.3. The molecule has 0 spiro atoms. The molecule has 6 nitrogen and oxygen atoms in total. The maximum atomic E-state index is 11.3. The van der Waals surface area contributed by atoms with Crippen molar-refractivity contribution in [3.63, 3.8) is 0 Å². The van der Waals surface area contributed by atoms with Gasteiger partial charge in [-0.1, -0.05) is 6.07 Å². The van der Waals surface area contributed by atoms with Gasteiger partial charge < -0.3 is 14.7 Å². The molecule has 0 aliphatic carbocycles. The molecule has 0 radical (unpaired) electrons. The summed E-state index contributed by atoms with van der Waals surface area (Å²) in [6.07, 6.45) is 2.24. The first-order valence-corrected chi connectivity index (χ1v) is 8.94. The largest absolute Gasteiger partial charge is 0.366 e. The Bertz CT molecular complexity index is 576. The lowest BCUT2D eigenvalue weighted by Gasteiger charge is -2.38. The van der Waals surface area contributed by atoms with Crippen molar-refractivity contribution in [3.05, 3.63) is 33.9 Å². The molecule has 0 bridgehead atoms. The normalized spacial score (nSPS) is 21.2. The van der Waals surface area contributed by atoms with Crippen LogP contribution in [-0.4, -0.2) is 67.6 Å². The van der Waals surface area contributed by atoms with Crippen molar-refractivity contribution in [3.8, 4) is 0 Å². The average Bonchev–Trinajstić information content (AvgIpc) is 2.58. The Kier molecular flexibility index (Phi) is 5.36. The zero-order valence-corrected chi connectivity index (χ0v) is 14.8. The van der Waals surface area contributed by atoms with E-state index in [1.54, 1.807) is 6.07 Å². The van der Waals surface area contributed by atoms with Gasteiger partial charge >= 0.3 is 0 Å². The van der Waals surface area contributed by atoms with Gasteiger partial charge in [0.25, 0.3) is 5.69 Å². The Hall–Kier alpha value is -1.66. The molecule has 1 aromatic carbocycles. The highest BCUT2D eigenvalue weighted by Crippen LogP contribution is 2.32. The second-order valence-corrected chi connectivity index (χ2v) is 7.28. The molecule has 0 N–H and O–H groups in total. The molecule has 6 heteroatoms. The van der Waals surface area contributed by atoms with E-state index in [0.717, 1.165) is 50.3 Å². The summed E-state index contributed by atoms with van der Waals surface area (Å²) in [5.41, 5.74) is 1.96. The van der Waals surface area contributed by atoms with E-state index < -0.39 is 0 Å². The molecule has 0 unspecified atom stereocenters. The fourth-order valence-corrected chi connectivity index (χ4v) is 3.80. The molecule has 0 aromatic heterocycles. The predicted octanol–water partition coefficient (Wildman–Crippen LogP) is 2.37. The van der Waals surface area contributed by atoms with Crippen molar-refractivity contribution in [2.75, 3.05) is 57.8 Å². The minimum atomic E-state index is -0.251. The number of aryl methyl sites for hydroxylation is 1. The van der Waals surface area contributed by atoms with E-state index in [2.05, 4.69) is 21.7 Å². The Morgan fingerprint density at radius 2 is 1.79 bits per heavy atom. The smallest absolute Gasteiger partial charge is 0.292 e. The van der Waals surface area contributed by atoms with Crippen LogP contribution >= 0.6 is 0 Å². The van der Waals surface area contributed by atoms with Crippen LogP contribution in [0.1, 0.15) is 18.4 Å². The van der Waals surface area contributed by atoms with Gasteiger partial charge in [0.15, 0.2) is 0 Å². The molecule has 3 rings (SSSR count). The SMILES string of the molecule is Cc1ccc(N2CCC(CN3CCN(C)CC3)CC2)c([N+](=O)[O-])c1. The standard InChI is InChI=1S/C18H28N4O2/c1-15-3-4-17(18(13-15)22(23)24)21-7-5-16(6-8-21)14-20-11-9-19(2)10-12-20/h3-4,13,16H,5-12,14H2,1-2H3. The first-order valence-electron chi connectivity index (χ1n) is 8.94. The molecule has 24 heavy (non-hydrogen) atoms. The molecule has 2 aliphatic rings. The number of nitrogens with zero attached hydrogens (tertiary/aromatic N) is 4. The van der Waals surface area contributed by atoms with E-state index >= 15 is 0 Å². The maximum Gasteiger partial charge on any atom is 0.292 e. The number of hydrogen-bond acceptors (Lipinski definition) is 5. The highest BCUT2D eigenvalue weighted by atomic mass is 16.6. The summed E-state index contributed by atoms with van der Waals surface area (Å²) in [5.74, 6) is 0.717. The van der Waals surface area contributed by atoms with Crippen LogP contribution in [0, 0.1) is 23.0 Å². The van der Waals surface area contributed by atoms with E-state index in [1.807, 2.05) is 19.1 Å². The second kappa shape index (κ2) is 7.49. The average molecular weight is 332 g/mol. The van der Waals surface area contributed by atoms with Crippen molar-refractivity contribution in [1.82, 2.24) is 9.80 Å². The van der Waals surface area contributed by atoms with Crippen LogP contribution in [0.5, 0.6) is 0 Å². The Labute approximate surface area is 144 Å². The summed E-state index contributed by atoms with van der Waals surface area (Å²) in [7, 11) is 2.18. The molecule has 1 aromatic rings. The molecular formula is C18H28N4O2. The van der Waals surface area contributed by atoms with Crippen molar-refractivity contribution in [2.24, 2.45) is 5.92 Å². The molecule has 2 aliphatic heterocycles. The molecule has 132 valence electrons. The lowest BCUT2D eigenvalue weighted by atomic mass is 9.95. The van der Waals surface area contributed by atoms with Crippen LogP contribution in [0.25, 0.3) is 0 Å². The minimum Gasteiger partial charge on any atom is -0.366 e. The summed E-state index contributed by atoms with van der Waals surface area (Å²) in [6.45, 7) is 9.57. The second-order valence-electron chi connectivity index (χ2n) is 7.28. The summed E-state index contributed by atoms with van der Waals surface area (Å²) in [6, 6.07) is 5.57. The first kappa shape index (κ1) is 17.2. The van der Waals surface area contributed by atoms with Crippen LogP contribution < -0.4 is 4.90 Å². The number of likely N-dealkylation sites (N-methyl/N-ethyl adjacent to an activating group) is 1. The number of hydrogen-bond donors (Lipinski definition) is 0. The highest BCUT2D eigenvalue weighted by Gasteiger charge is 2.26. The molecule has 0 saturated carbocycles. The van der Waals surface area contributed by atoms with Gasteiger partial charge in [-0.3, -0.25) is 10.1 Å². The number of anilines is 1. The fourth-order valence-electron chi connectivity index (χ4n) is 3.80. The Morgan fingerprint density at radius 3 is 2.42 bits per heavy atom. The van der Waals surface area contributed by atoms with E-state index in [0.29, 0.717) is 5.92 Å². The van der Waals surface area contributed by atoms with Gasteiger partial charge in [0.2, 0.25) is 0 Å². The summed E-state index contributed by atoms with van der Waals surface area (Å²) in [4.78, 5) is 18.2. The third kappa shape index (κ3) is 4.05. The van der Waals surface area contributed by atoms with Crippen LogP contribution in [0.3, 0.4) is 0 Å². The van der Waals surface area contributed by atoms with Crippen molar-refractivity contribution in [1.29, 1.82) is 0 Å². The minimum absolute atomic E-state index is 0.243. The van der Waals surface area contributed by atoms with Gasteiger partial charge in [0.05, 0.1) is 4.92 Å². The van der Waals surface area contributed by atoms with Crippen LogP contribution in [0.2, 0.25) is 0 Å². The number of rotatable bonds is 4. The van der Waals surface area contributed by atoms with Crippen LogP contribution in [0.4, 0.5) is 11.4 Å². The molecule has 0 amide bonds. The zero-order valence-electron chi connectivity index (χ0n) is 14.8. The third-order valence-electron chi connectivity index (χ3n) is 5.40. The van der Waals surface area contributed by atoms with E-state index in [1.165, 1.54) is 19.6 Å². The predicted molar refractivity (Wildman–Crippen MR) is 96.7 cm³/mol. The lowest BCUT2D eigenvalue weighted by Crippen LogP contribution is -2.47. The van der Waals surface area contributed by atoms with Crippen molar-refractivity contribution >= 4 is 11.4 Å². The monoisotopic (exact) mass is 332 g/mol. The van der Waals surface area contributed by atoms with Gasteiger partial charge in [-0.15, -0.1) is 0 Å². The zero-order chi connectivity index (χ0) is 17.1. The van der Waals surface area contributed by atoms with Gasteiger partial charge in [-0.2, -0.15) is 0 Å². The summed E-state index contributed by atoms with van der Waals surface area (Å²) >= 11 is 0.